The number of nitrogens with zero attached hydrogens (tertiary/aromatic N) is 3. The maximum absolute atomic E-state index is 12.4. The van der Waals surface area contributed by atoms with Crippen molar-refractivity contribution in [2.45, 2.75) is 25.2 Å². The van der Waals surface area contributed by atoms with Gasteiger partial charge in [0.05, 0.1) is 29.1 Å². The van der Waals surface area contributed by atoms with Crippen LogP contribution in [0.3, 0.4) is 0 Å². The van der Waals surface area contributed by atoms with E-state index >= 15 is 0 Å². The summed E-state index contributed by atoms with van der Waals surface area (Å²) in [5.74, 6) is 1.50. The van der Waals surface area contributed by atoms with E-state index < -0.39 is 9.84 Å². The monoisotopic (exact) mass is 421 g/mol. The van der Waals surface area contributed by atoms with Crippen molar-refractivity contribution in [3.05, 3.63) is 66.5 Å². The lowest BCUT2D eigenvalue weighted by molar-refractivity contribution is 0.415. The van der Waals surface area contributed by atoms with Crippen molar-refractivity contribution in [3.63, 3.8) is 0 Å². The Labute approximate surface area is 176 Å². The van der Waals surface area contributed by atoms with E-state index in [4.69, 9.17) is 9.72 Å². The van der Waals surface area contributed by atoms with Crippen molar-refractivity contribution < 1.29 is 13.2 Å². The Morgan fingerprint density at radius 3 is 2.23 bits per heavy atom. The van der Waals surface area contributed by atoms with E-state index in [-0.39, 0.29) is 5.75 Å². The normalized spacial score (nSPS) is 11.7. The lowest BCUT2D eigenvalue weighted by Gasteiger charge is -2.08. The summed E-state index contributed by atoms with van der Waals surface area (Å²) in [5, 5.41) is 0. The Bertz CT molecular complexity index is 1290. The Balaban J connectivity index is 1.88. The third-order valence-electron chi connectivity index (χ3n) is 4.96. The lowest BCUT2D eigenvalue weighted by atomic mass is 10.0. The number of ether oxygens (including phenoxy) is 1. The molecule has 0 aliphatic carbocycles. The number of hydrogen-bond acceptors (Lipinski definition) is 5. The Hall–Kier alpha value is -3.19. The van der Waals surface area contributed by atoms with Gasteiger partial charge in [-0.2, -0.15) is 0 Å². The van der Waals surface area contributed by atoms with E-state index in [1.54, 1.807) is 19.2 Å². The van der Waals surface area contributed by atoms with E-state index in [0.717, 1.165) is 34.0 Å². The van der Waals surface area contributed by atoms with Gasteiger partial charge in [-0.15, -0.1) is 0 Å². The molecule has 0 spiro atoms. The number of rotatable bonds is 6. The van der Waals surface area contributed by atoms with E-state index in [1.165, 1.54) is 0 Å². The van der Waals surface area contributed by atoms with Crippen molar-refractivity contribution in [2.75, 3.05) is 12.9 Å². The highest BCUT2D eigenvalue weighted by atomic mass is 32.2. The Kier molecular flexibility index (Phi) is 5.30. The average molecular weight is 422 g/mol. The molecule has 2 heterocycles. The van der Waals surface area contributed by atoms with E-state index in [9.17, 15) is 8.42 Å². The molecule has 0 radical (unpaired) electrons. The van der Waals surface area contributed by atoms with Crippen LogP contribution in [0.1, 0.15) is 19.0 Å². The third-order valence-corrected chi connectivity index (χ3v) is 6.89. The highest BCUT2D eigenvalue weighted by Gasteiger charge is 2.19. The molecule has 154 valence electrons. The first-order valence-electron chi connectivity index (χ1n) is 9.76. The zero-order valence-corrected chi connectivity index (χ0v) is 18.0. The third kappa shape index (κ3) is 3.68. The lowest BCUT2D eigenvalue weighted by Crippen LogP contribution is -2.05. The van der Waals surface area contributed by atoms with Crippen LogP contribution in [-0.4, -0.2) is 35.6 Å². The van der Waals surface area contributed by atoms with Crippen molar-refractivity contribution in [1.82, 2.24) is 14.4 Å². The molecule has 0 saturated carbocycles. The Morgan fingerprint density at radius 1 is 0.933 bits per heavy atom. The fourth-order valence-electron chi connectivity index (χ4n) is 3.45. The summed E-state index contributed by atoms with van der Waals surface area (Å²) < 4.78 is 32.0. The van der Waals surface area contributed by atoms with Crippen LogP contribution in [0.5, 0.6) is 5.75 Å². The summed E-state index contributed by atoms with van der Waals surface area (Å²) in [4.78, 5) is 9.66. The second-order valence-electron chi connectivity index (χ2n) is 7.12. The molecule has 7 heteroatoms. The smallest absolute Gasteiger partial charge is 0.235 e. The maximum atomic E-state index is 12.4. The summed E-state index contributed by atoms with van der Waals surface area (Å²) in [6.07, 6.45) is 2.53. The first-order chi connectivity index (χ1) is 14.4. The summed E-state index contributed by atoms with van der Waals surface area (Å²) >= 11 is 0. The number of hydrogen-bond donors (Lipinski definition) is 0. The molecule has 0 aliphatic rings. The minimum absolute atomic E-state index is 0.141. The van der Waals surface area contributed by atoms with Gasteiger partial charge in [-0.1, -0.05) is 19.1 Å². The molecular formula is C23H23N3O3S. The van der Waals surface area contributed by atoms with Gasteiger partial charge in [0.15, 0.2) is 9.84 Å². The van der Waals surface area contributed by atoms with E-state index in [1.807, 2.05) is 66.9 Å². The van der Waals surface area contributed by atoms with Gasteiger partial charge in [0.25, 0.3) is 0 Å². The molecule has 0 amide bonds. The van der Waals surface area contributed by atoms with Crippen LogP contribution >= 0.6 is 0 Å². The molecule has 0 fully saturated rings. The van der Waals surface area contributed by atoms with Gasteiger partial charge in [-0.3, -0.25) is 4.40 Å². The second-order valence-corrected chi connectivity index (χ2v) is 9.23. The molecule has 30 heavy (non-hydrogen) atoms. The highest BCUT2D eigenvalue weighted by Crippen LogP contribution is 2.33. The van der Waals surface area contributed by atoms with Crippen LogP contribution in [0, 0.1) is 6.92 Å². The summed E-state index contributed by atoms with van der Waals surface area (Å²) in [7, 11) is -1.63. The van der Waals surface area contributed by atoms with Gasteiger partial charge in [0.1, 0.15) is 5.75 Å². The second kappa shape index (κ2) is 7.91. The van der Waals surface area contributed by atoms with Gasteiger partial charge in [-0.05, 0) is 55.8 Å². The maximum Gasteiger partial charge on any atom is 0.235 e. The molecule has 0 unspecified atom stereocenters. The van der Waals surface area contributed by atoms with E-state index in [2.05, 4.69) is 4.98 Å². The van der Waals surface area contributed by atoms with Gasteiger partial charge >= 0.3 is 0 Å². The zero-order chi connectivity index (χ0) is 21.3. The van der Waals surface area contributed by atoms with Crippen molar-refractivity contribution in [1.29, 1.82) is 0 Å². The average Bonchev–Trinajstić information content (AvgIpc) is 3.12. The van der Waals surface area contributed by atoms with E-state index in [0.29, 0.717) is 17.1 Å². The SMILES string of the molecule is CCCS(=O)(=O)c1ccc(-c2c(-c3ccc(OC)cc3)nc3nc(C)ccn23)cc1. The molecular weight excluding hydrogens is 398 g/mol. The number of benzene rings is 2. The summed E-state index contributed by atoms with van der Waals surface area (Å²) in [5.41, 5.74) is 4.31. The number of fused-ring (bicyclic) bond motifs is 1. The predicted molar refractivity (Wildman–Crippen MR) is 117 cm³/mol. The first kappa shape index (κ1) is 20.1. The molecule has 0 aliphatic heterocycles. The number of sulfone groups is 1. The minimum Gasteiger partial charge on any atom is -0.497 e. The van der Waals surface area contributed by atoms with Crippen LogP contribution in [-0.2, 0) is 9.84 Å². The largest absolute Gasteiger partial charge is 0.497 e. The highest BCUT2D eigenvalue weighted by molar-refractivity contribution is 7.91. The van der Waals surface area contributed by atoms with Gasteiger partial charge < -0.3 is 4.74 Å². The molecule has 2 aromatic carbocycles. The zero-order valence-electron chi connectivity index (χ0n) is 17.2. The van der Waals surface area contributed by atoms with Crippen molar-refractivity contribution in [2.24, 2.45) is 0 Å². The number of methoxy groups -OCH3 is 1. The summed E-state index contributed by atoms with van der Waals surface area (Å²) in [6.45, 7) is 3.79. The predicted octanol–water partition coefficient (Wildman–Crippen LogP) is 4.56. The van der Waals surface area contributed by atoms with Crippen LogP contribution < -0.4 is 4.74 Å². The van der Waals surface area contributed by atoms with Crippen LogP contribution in [0.2, 0.25) is 0 Å². The number of aryl methyl sites for hydroxylation is 1. The summed E-state index contributed by atoms with van der Waals surface area (Å²) in [6, 6.07) is 16.6. The van der Waals surface area contributed by atoms with Crippen LogP contribution in [0.4, 0.5) is 0 Å². The standard InChI is InChI=1S/C23H23N3O3S/c1-4-15-30(27,28)20-11-7-18(8-12-20)22-21(17-5-9-19(29-3)10-6-17)25-23-24-16(2)13-14-26(22)23/h5-14H,4,15H2,1-3H3. The molecule has 2 aromatic heterocycles. The minimum atomic E-state index is -3.26. The van der Waals surface area contributed by atoms with Crippen LogP contribution in [0.15, 0.2) is 65.7 Å². The van der Waals surface area contributed by atoms with Gasteiger partial charge in [-0.25, -0.2) is 18.4 Å². The molecule has 0 atom stereocenters. The van der Waals surface area contributed by atoms with Gasteiger partial charge in [0, 0.05) is 23.0 Å². The number of aromatic nitrogens is 3. The molecule has 0 bridgehead atoms. The first-order valence-corrected chi connectivity index (χ1v) is 11.4. The van der Waals surface area contributed by atoms with Crippen LogP contribution in [0.25, 0.3) is 28.3 Å². The molecule has 4 rings (SSSR count). The van der Waals surface area contributed by atoms with Gasteiger partial charge in [0.2, 0.25) is 5.78 Å². The van der Waals surface area contributed by atoms with Crippen molar-refractivity contribution >= 4 is 15.6 Å². The number of imidazole rings is 1. The molecule has 0 N–H and O–H groups in total. The Morgan fingerprint density at radius 2 is 1.60 bits per heavy atom. The quantitative estimate of drug-likeness (QED) is 0.456. The topological polar surface area (TPSA) is 73.6 Å². The van der Waals surface area contributed by atoms with Crippen molar-refractivity contribution in [3.8, 4) is 28.3 Å². The fourth-order valence-corrected chi connectivity index (χ4v) is 4.77. The molecule has 4 aromatic rings. The molecule has 0 saturated heterocycles. The fraction of sp³-hybridized carbons (Fsp3) is 0.217. The molecule has 6 nitrogen and oxygen atoms in total.